The largest absolute Gasteiger partial charge is 0.408 e. The van der Waals surface area contributed by atoms with E-state index in [1.165, 1.54) is 30.5 Å². The first-order valence-corrected chi connectivity index (χ1v) is 10.9. The Bertz CT molecular complexity index is 1130. The summed E-state index contributed by atoms with van der Waals surface area (Å²) in [5, 5.41) is 0. The fourth-order valence-corrected chi connectivity index (χ4v) is 5.15. The molecule has 2 N–H and O–H groups in total. The molecular formula is C21H20F5N2O2S+. The molecule has 0 amide bonds. The summed E-state index contributed by atoms with van der Waals surface area (Å²) in [6.45, 7) is -0.253. The topological polar surface area (TPSA) is 60.2 Å². The molecule has 1 aliphatic heterocycles. The summed E-state index contributed by atoms with van der Waals surface area (Å²) in [4.78, 5) is 0. The Hall–Kier alpha value is -2.56. The number of benzene rings is 2. The lowest BCUT2D eigenvalue weighted by Gasteiger charge is -2.34. The summed E-state index contributed by atoms with van der Waals surface area (Å²) in [6.07, 6.45) is -0.390. The van der Waals surface area contributed by atoms with Gasteiger partial charge in [0.1, 0.15) is 12.7 Å². The maximum Gasteiger partial charge on any atom is 0.408 e. The molecule has 31 heavy (non-hydrogen) atoms. The molecule has 0 radical (unpaired) electrons. The van der Waals surface area contributed by atoms with Gasteiger partial charge in [0.25, 0.3) is 0 Å². The highest BCUT2D eigenvalue weighted by molar-refractivity contribution is 7.91. The number of hydrogen-bond acceptors (Lipinski definition) is 3. The zero-order chi connectivity index (χ0) is 22.9. The normalized spacial score (nSPS) is 19.4. The minimum atomic E-state index is -4.91. The first-order valence-electron chi connectivity index (χ1n) is 9.25. The Labute approximate surface area is 176 Å². The Morgan fingerprint density at radius 2 is 1.61 bits per heavy atom. The predicted octanol–water partition coefficient (Wildman–Crippen LogP) is 4.17. The van der Waals surface area contributed by atoms with Crippen LogP contribution in [0.4, 0.5) is 27.6 Å². The maximum absolute atomic E-state index is 13.4. The van der Waals surface area contributed by atoms with Crippen molar-refractivity contribution >= 4 is 15.7 Å². The van der Waals surface area contributed by atoms with Crippen LogP contribution in [0, 0.1) is 11.6 Å². The van der Waals surface area contributed by atoms with Crippen molar-refractivity contribution in [2.75, 3.05) is 18.8 Å². The van der Waals surface area contributed by atoms with Gasteiger partial charge in [-0.1, -0.05) is 24.3 Å². The zero-order valence-corrected chi connectivity index (χ0v) is 17.1. The van der Waals surface area contributed by atoms with Crippen molar-refractivity contribution in [2.45, 2.75) is 12.6 Å². The van der Waals surface area contributed by atoms with Crippen LogP contribution in [0.15, 0.2) is 66.4 Å². The van der Waals surface area contributed by atoms with Crippen molar-refractivity contribution < 1.29 is 30.4 Å². The van der Waals surface area contributed by atoms with Crippen molar-refractivity contribution in [1.82, 2.24) is 3.89 Å². The number of alkyl halides is 3. The molecule has 1 heterocycles. The summed E-state index contributed by atoms with van der Waals surface area (Å²) in [5.74, 6) is -3.95. The van der Waals surface area contributed by atoms with E-state index in [4.69, 9.17) is 5.73 Å². The van der Waals surface area contributed by atoms with Crippen molar-refractivity contribution in [3.05, 3.63) is 89.2 Å². The third-order valence-corrected chi connectivity index (χ3v) is 7.08. The summed E-state index contributed by atoms with van der Waals surface area (Å²) in [7, 11) is -4.74. The number of rotatable bonds is 6. The minimum Gasteiger partial charge on any atom is -0.326 e. The van der Waals surface area contributed by atoms with Crippen LogP contribution in [0.5, 0.6) is 0 Å². The molecule has 2 aromatic rings. The third kappa shape index (κ3) is 5.03. The lowest BCUT2D eigenvalue weighted by molar-refractivity contribution is -0.106. The molecule has 0 saturated carbocycles. The van der Waals surface area contributed by atoms with Gasteiger partial charge in [-0.3, -0.25) is 0 Å². The van der Waals surface area contributed by atoms with Gasteiger partial charge in [-0.2, -0.15) is 25.5 Å². The second-order valence-electron chi connectivity index (χ2n) is 7.22. The van der Waals surface area contributed by atoms with E-state index in [1.807, 2.05) is 0 Å². The molecule has 1 unspecified atom stereocenters. The summed E-state index contributed by atoms with van der Waals surface area (Å²) >= 11 is 0. The summed E-state index contributed by atoms with van der Waals surface area (Å²) < 4.78 is 90.3. The van der Waals surface area contributed by atoms with Crippen LogP contribution in [0.2, 0.25) is 0 Å². The molecule has 166 valence electrons. The average Bonchev–Trinajstić information content (AvgIpc) is 2.69. The second kappa shape index (κ2) is 8.52. The molecule has 1 aliphatic rings. The fraction of sp³-hybridized carbons (Fsp3) is 0.238. The van der Waals surface area contributed by atoms with Crippen LogP contribution in [0.25, 0.3) is 0 Å². The molecule has 0 aromatic heterocycles. The monoisotopic (exact) mass is 459 g/mol. The number of nitrogens with two attached hydrogens (primary N) is 1. The smallest absolute Gasteiger partial charge is 0.326 e. The second-order valence-corrected chi connectivity index (χ2v) is 9.33. The van der Waals surface area contributed by atoms with Crippen LogP contribution in [-0.4, -0.2) is 33.4 Å². The minimum absolute atomic E-state index is 0.0355. The molecule has 0 fully saturated rings. The lowest BCUT2D eigenvalue weighted by Crippen LogP contribution is -2.54. The van der Waals surface area contributed by atoms with Crippen molar-refractivity contribution in [3.8, 4) is 0 Å². The Morgan fingerprint density at radius 1 is 0.968 bits per heavy atom. The molecule has 0 aliphatic carbocycles. The Kier molecular flexibility index (Phi) is 6.35. The quantitative estimate of drug-likeness (QED) is 0.521. The molecule has 3 rings (SSSR count). The van der Waals surface area contributed by atoms with Gasteiger partial charge in [0.2, 0.25) is 0 Å². The molecule has 4 nitrogen and oxygen atoms in total. The number of hydrogen-bond donors (Lipinski definition) is 1. The third-order valence-electron chi connectivity index (χ3n) is 4.93. The van der Waals surface area contributed by atoms with E-state index < -0.39 is 37.5 Å². The fourth-order valence-electron chi connectivity index (χ4n) is 3.45. The highest BCUT2D eigenvalue weighted by Crippen LogP contribution is 2.35. The molecule has 10 heteroatoms. The van der Waals surface area contributed by atoms with Crippen molar-refractivity contribution in [3.63, 3.8) is 0 Å². The molecule has 2 aromatic carbocycles. The Balaban J connectivity index is 1.99. The van der Waals surface area contributed by atoms with E-state index >= 15 is 0 Å². The van der Waals surface area contributed by atoms with Gasteiger partial charge in [0, 0.05) is 24.3 Å². The number of quaternary nitrogens is 1. The lowest BCUT2D eigenvalue weighted by atomic mass is 10.0. The van der Waals surface area contributed by atoms with Crippen molar-refractivity contribution in [1.29, 1.82) is 0 Å². The highest BCUT2D eigenvalue weighted by atomic mass is 32.2. The molecule has 0 bridgehead atoms. The van der Waals surface area contributed by atoms with Gasteiger partial charge < -0.3 is 5.73 Å². The van der Waals surface area contributed by atoms with Gasteiger partial charge in [-0.25, -0.2) is 8.78 Å². The standard InChI is InChI=1S/C21H20F5N2O2S/c22-19-8-5-16(11-20(19)23)10-15-3-6-18(7-4-15)28(9-1-2-17(12-27)13-28)31(29,30)14-21(24,25)26/h1-8,11,13H,9-10,12,14,27H2/q+1. The van der Waals surface area contributed by atoms with E-state index in [2.05, 4.69) is 0 Å². The first-order chi connectivity index (χ1) is 14.5. The number of sulfonamides is 1. The first kappa shape index (κ1) is 23.1. The van der Waals surface area contributed by atoms with Crippen LogP contribution in [-0.2, 0) is 16.4 Å². The van der Waals surface area contributed by atoms with Crippen LogP contribution < -0.4 is 9.62 Å². The zero-order valence-electron chi connectivity index (χ0n) is 16.2. The molecular weight excluding hydrogens is 439 g/mol. The summed E-state index contributed by atoms with van der Waals surface area (Å²) in [5.41, 5.74) is 7.25. The van der Waals surface area contributed by atoms with Crippen LogP contribution >= 0.6 is 0 Å². The van der Waals surface area contributed by atoms with Crippen molar-refractivity contribution in [2.24, 2.45) is 5.73 Å². The van der Waals surface area contributed by atoms with Crippen LogP contribution in [0.3, 0.4) is 0 Å². The SMILES string of the molecule is NCC1=C[N+](c2ccc(Cc3ccc(F)c(F)c3)cc2)(S(=O)(=O)CC(F)(F)F)CC=C1. The van der Waals surface area contributed by atoms with E-state index in [0.29, 0.717) is 16.7 Å². The highest BCUT2D eigenvalue weighted by Gasteiger charge is 2.50. The number of halogens is 5. The average molecular weight is 459 g/mol. The maximum atomic E-state index is 13.4. The van der Waals surface area contributed by atoms with Gasteiger partial charge in [-0.15, -0.1) is 0 Å². The van der Waals surface area contributed by atoms with E-state index in [9.17, 15) is 30.4 Å². The van der Waals surface area contributed by atoms with Gasteiger partial charge in [0.15, 0.2) is 23.1 Å². The summed E-state index contributed by atoms with van der Waals surface area (Å²) in [6, 6.07) is 9.42. The van der Waals surface area contributed by atoms with E-state index in [0.717, 1.165) is 12.1 Å². The molecule has 0 saturated heterocycles. The molecule has 1 atom stereocenters. The van der Waals surface area contributed by atoms with E-state index in [-0.39, 0.29) is 25.2 Å². The molecule has 0 spiro atoms. The van der Waals surface area contributed by atoms with Gasteiger partial charge in [-0.05, 0) is 35.8 Å². The number of nitrogens with zero attached hydrogens (tertiary/aromatic N) is 1. The predicted molar refractivity (Wildman–Crippen MR) is 108 cm³/mol. The van der Waals surface area contributed by atoms with Gasteiger partial charge in [0.05, 0.1) is 0 Å². The van der Waals surface area contributed by atoms with E-state index in [1.54, 1.807) is 18.2 Å². The van der Waals surface area contributed by atoms with Crippen LogP contribution in [0.1, 0.15) is 11.1 Å². The van der Waals surface area contributed by atoms with Gasteiger partial charge >= 0.3 is 16.2 Å². The Morgan fingerprint density at radius 3 is 2.19 bits per heavy atom.